The molecule has 110 valence electrons. The summed E-state index contributed by atoms with van der Waals surface area (Å²) in [5.74, 6) is 1.82. The monoisotopic (exact) mass is 275 g/mol. The van der Waals surface area contributed by atoms with Crippen molar-refractivity contribution in [2.24, 2.45) is 0 Å². The molecule has 0 spiro atoms. The fourth-order valence-electron chi connectivity index (χ4n) is 3.17. The Labute approximate surface area is 121 Å². The highest BCUT2D eigenvalue weighted by molar-refractivity contribution is 5.39. The Hall–Kier alpha value is -1.22. The third-order valence-corrected chi connectivity index (χ3v) is 4.33. The van der Waals surface area contributed by atoms with Crippen LogP contribution in [0.15, 0.2) is 24.3 Å². The van der Waals surface area contributed by atoms with Crippen LogP contribution in [0.1, 0.15) is 44.9 Å². The van der Waals surface area contributed by atoms with Crippen LogP contribution in [0, 0.1) is 0 Å². The van der Waals surface area contributed by atoms with Gasteiger partial charge in [0.15, 0.2) is 11.5 Å². The van der Waals surface area contributed by atoms with E-state index in [4.69, 9.17) is 9.47 Å². The van der Waals surface area contributed by atoms with E-state index in [2.05, 4.69) is 5.32 Å². The van der Waals surface area contributed by atoms with E-state index in [0.717, 1.165) is 31.1 Å². The van der Waals surface area contributed by atoms with Crippen LogP contribution in [-0.4, -0.2) is 25.3 Å². The quantitative estimate of drug-likeness (QED) is 0.861. The van der Waals surface area contributed by atoms with E-state index in [-0.39, 0.29) is 0 Å². The number of nitrogens with one attached hydrogen (secondary N) is 1. The highest BCUT2D eigenvalue weighted by Crippen LogP contribution is 2.31. The molecule has 0 aromatic heterocycles. The molecule has 1 N–H and O–H groups in total. The summed E-state index contributed by atoms with van der Waals surface area (Å²) < 4.78 is 12.0. The molecule has 1 aliphatic heterocycles. The van der Waals surface area contributed by atoms with Gasteiger partial charge in [0.1, 0.15) is 0 Å². The van der Waals surface area contributed by atoms with Crippen molar-refractivity contribution in [3.05, 3.63) is 24.3 Å². The predicted molar refractivity (Wildman–Crippen MR) is 80.5 cm³/mol. The van der Waals surface area contributed by atoms with Crippen LogP contribution in [-0.2, 0) is 0 Å². The molecule has 1 unspecified atom stereocenters. The largest absolute Gasteiger partial charge is 0.490 e. The third-order valence-electron chi connectivity index (χ3n) is 4.33. The first-order valence-electron chi connectivity index (χ1n) is 8.04. The van der Waals surface area contributed by atoms with E-state index in [1.165, 1.54) is 38.5 Å². The van der Waals surface area contributed by atoms with Crippen molar-refractivity contribution < 1.29 is 9.47 Å². The van der Waals surface area contributed by atoms with Crippen LogP contribution >= 0.6 is 0 Å². The van der Waals surface area contributed by atoms with E-state index >= 15 is 0 Å². The zero-order valence-electron chi connectivity index (χ0n) is 12.1. The topological polar surface area (TPSA) is 30.5 Å². The van der Waals surface area contributed by atoms with Gasteiger partial charge in [0, 0.05) is 6.04 Å². The van der Waals surface area contributed by atoms with Crippen molar-refractivity contribution in [3.8, 4) is 11.5 Å². The second-order valence-electron chi connectivity index (χ2n) is 5.90. The summed E-state index contributed by atoms with van der Waals surface area (Å²) in [6, 6.07) is 8.73. The summed E-state index contributed by atoms with van der Waals surface area (Å²) in [6.07, 6.45) is 8.99. The standard InChI is InChI=1S/C17H25NO2/c1-2-8-15(7-1)20-17-10-4-3-9-16(17)19-13-11-14-6-5-12-18-14/h3-4,9-10,14-15,18H,1-2,5-8,11-13H2. The molecule has 1 saturated carbocycles. The zero-order valence-corrected chi connectivity index (χ0v) is 12.1. The van der Waals surface area contributed by atoms with E-state index in [9.17, 15) is 0 Å². The molecule has 3 rings (SSSR count). The van der Waals surface area contributed by atoms with E-state index in [1.807, 2.05) is 24.3 Å². The van der Waals surface area contributed by atoms with Gasteiger partial charge in [0.2, 0.25) is 0 Å². The van der Waals surface area contributed by atoms with E-state index in [0.29, 0.717) is 12.1 Å². The molecule has 1 aliphatic carbocycles. The number of benzene rings is 1. The minimum absolute atomic E-state index is 0.385. The van der Waals surface area contributed by atoms with Gasteiger partial charge in [-0.1, -0.05) is 12.1 Å². The van der Waals surface area contributed by atoms with Crippen molar-refractivity contribution in [1.82, 2.24) is 5.32 Å². The Bertz CT molecular complexity index is 409. The van der Waals surface area contributed by atoms with Gasteiger partial charge in [-0.3, -0.25) is 0 Å². The average Bonchev–Trinajstić information content (AvgIpc) is 3.14. The van der Waals surface area contributed by atoms with Crippen molar-refractivity contribution in [3.63, 3.8) is 0 Å². The number of hydrogen-bond acceptors (Lipinski definition) is 3. The molecule has 1 heterocycles. The first-order valence-corrected chi connectivity index (χ1v) is 8.04. The van der Waals surface area contributed by atoms with Gasteiger partial charge in [0.25, 0.3) is 0 Å². The van der Waals surface area contributed by atoms with E-state index < -0.39 is 0 Å². The number of ether oxygens (including phenoxy) is 2. The summed E-state index contributed by atoms with van der Waals surface area (Å²) >= 11 is 0. The Morgan fingerprint density at radius 2 is 1.80 bits per heavy atom. The smallest absolute Gasteiger partial charge is 0.161 e. The number of para-hydroxylation sites is 2. The van der Waals surface area contributed by atoms with Gasteiger partial charge >= 0.3 is 0 Å². The van der Waals surface area contributed by atoms with Crippen LogP contribution < -0.4 is 14.8 Å². The van der Waals surface area contributed by atoms with Crippen LogP contribution in [0.25, 0.3) is 0 Å². The lowest BCUT2D eigenvalue weighted by Crippen LogP contribution is -2.23. The Morgan fingerprint density at radius 1 is 1.00 bits per heavy atom. The molecule has 3 nitrogen and oxygen atoms in total. The lowest BCUT2D eigenvalue weighted by atomic mass is 10.2. The van der Waals surface area contributed by atoms with Gasteiger partial charge in [0.05, 0.1) is 12.7 Å². The zero-order chi connectivity index (χ0) is 13.6. The summed E-state index contributed by atoms with van der Waals surface area (Å²) in [7, 11) is 0. The maximum absolute atomic E-state index is 6.09. The predicted octanol–water partition coefficient (Wildman–Crippen LogP) is 3.53. The maximum atomic E-state index is 6.09. The molecule has 1 aromatic carbocycles. The average molecular weight is 275 g/mol. The SMILES string of the molecule is c1ccc(OC2CCCC2)c(OCCC2CCCN2)c1. The van der Waals surface area contributed by atoms with Gasteiger partial charge in [-0.25, -0.2) is 0 Å². The highest BCUT2D eigenvalue weighted by atomic mass is 16.5. The lowest BCUT2D eigenvalue weighted by molar-refractivity contribution is 0.193. The molecule has 1 aromatic rings. The molecule has 0 bridgehead atoms. The highest BCUT2D eigenvalue weighted by Gasteiger charge is 2.18. The first kappa shape index (κ1) is 13.7. The summed E-state index contributed by atoms with van der Waals surface area (Å²) in [6.45, 7) is 1.93. The molecule has 0 amide bonds. The number of rotatable bonds is 6. The van der Waals surface area contributed by atoms with Gasteiger partial charge in [-0.2, -0.15) is 0 Å². The van der Waals surface area contributed by atoms with Crippen LogP contribution in [0.5, 0.6) is 11.5 Å². The van der Waals surface area contributed by atoms with Crippen molar-refractivity contribution in [2.45, 2.75) is 57.1 Å². The van der Waals surface area contributed by atoms with Gasteiger partial charge in [-0.05, 0) is 63.6 Å². The Balaban J connectivity index is 1.51. The number of hydrogen-bond donors (Lipinski definition) is 1. The second kappa shape index (κ2) is 6.98. The summed E-state index contributed by atoms with van der Waals surface area (Å²) in [5.41, 5.74) is 0. The van der Waals surface area contributed by atoms with Crippen LogP contribution in [0.2, 0.25) is 0 Å². The molecular formula is C17H25NO2. The molecule has 2 aliphatic rings. The van der Waals surface area contributed by atoms with Gasteiger partial charge in [-0.15, -0.1) is 0 Å². The summed E-state index contributed by atoms with van der Waals surface area (Å²) in [4.78, 5) is 0. The van der Waals surface area contributed by atoms with Gasteiger partial charge < -0.3 is 14.8 Å². The molecule has 1 saturated heterocycles. The second-order valence-corrected chi connectivity index (χ2v) is 5.90. The maximum Gasteiger partial charge on any atom is 0.161 e. The molecule has 2 fully saturated rings. The fourth-order valence-corrected chi connectivity index (χ4v) is 3.17. The third kappa shape index (κ3) is 3.66. The molecular weight excluding hydrogens is 250 g/mol. The molecule has 0 radical (unpaired) electrons. The Kier molecular flexibility index (Phi) is 4.80. The fraction of sp³-hybridized carbons (Fsp3) is 0.647. The lowest BCUT2D eigenvalue weighted by Gasteiger charge is -2.17. The minimum Gasteiger partial charge on any atom is -0.490 e. The molecule has 3 heteroatoms. The Morgan fingerprint density at radius 3 is 2.55 bits per heavy atom. The molecule has 1 atom stereocenters. The van der Waals surface area contributed by atoms with Crippen LogP contribution in [0.3, 0.4) is 0 Å². The summed E-state index contributed by atoms with van der Waals surface area (Å²) in [5, 5.41) is 3.50. The van der Waals surface area contributed by atoms with Crippen molar-refractivity contribution in [1.29, 1.82) is 0 Å². The molecule has 20 heavy (non-hydrogen) atoms. The normalized spacial score (nSPS) is 23.1. The van der Waals surface area contributed by atoms with Crippen LogP contribution in [0.4, 0.5) is 0 Å². The minimum atomic E-state index is 0.385. The van der Waals surface area contributed by atoms with Crippen molar-refractivity contribution in [2.75, 3.05) is 13.2 Å². The van der Waals surface area contributed by atoms with E-state index in [1.54, 1.807) is 0 Å². The van der Waals surface area contributed by atoms with Crippen molar-refractivity contribution >= 4 is 0 Å². The first-order chi connectivity index (χ1) is 9.92.